The molecule has 0 unspecified atom stereocenters. The number of amides is 1. The van der Waals surface area contributed by atoms with Gasteiger partial charge in [0.2, 0.25) is 5.91 Å². The molecule has 0 saturated carbocycles. The van der Waals surface area contributed by atoms with E-state index in [0.717, 1.165) is 22.1 Å². The number of benzene rings is 3. The number of methoxy groups -OCH3 is 1. The Labute approximate surface area is 201 Å². The fourth-order valence-electron chi connectivity index (χ4n) is 3.69. The molecule has 0 aliphatic heterocycles. The van der Waals surface area contributed by atoms with E-state index in [0.29, 0.717) is 40.0 Å². The molecule has 174 valence electrons. The molecule has 0 atom stereocenters. The lowest BCUT2D eigenvalue weighted by Crippen LogP contribution is -2.09. The van der Waals surface area contributed by atoms with E-state index in [4.69, 9.17) is 25.5 Å². The summed E-state index contributed by atoms with van der Waals surface area (Å²) in [6.45, 7) is 4.18. The molecule has 3 aromatic carbocycles. The number of ether oxygens (including phenoxy) is 2. The summed E-state index contributed by atoms with van der Waals surface area (Å²) in [5.74, 6) is 0.508. The minimum atomic E-state index is -0.313. The smallest absolute Gasteiger partial charge is 0.248 e. The third-order valence-electron chi connectivity index (χ3n) is 5.32. The van der Waals surface area contributed by atoms with Crippen LogP contribution in [0.3, 0.4) is 0 Å². The van der Waals surface area contributed by atoms with Crippen LogP contribution in [0, 0.1) is 5.82 Å². The zero-order chi connectivity index (χ0) is 24.2. The molecule has 0 fully saturated rings. The molecule has 0 aliphatic rings. The molecule has 34 heavy (non-hydrogen) atoms. The summed E-state index contributed by atoms with van der Waals surface area (Å²) in [7, 11) is 1.53. The molecule has 5 nitrogen and oxygen atoms in total. The SMILES string of the molecule is CCOc1cc2occ(-c3ccc(F)cc3)c2cc1/C(C)=C/C(=O)Nc1ccc(OC)c(Cl)c1. The minimum Gasteiger partial charge on any atom is -0.495 e. The first-order valence-corrected chi connectivity index (χ1v) is 11.0. The molecular formula is C27H23ClFNO4. The first-order valence-electron chi connectivity index (χ1n) is 10.7. The summed E-state index contributed by atoms with van der Waals surface area (Å²) >= 11 is 6.15. The molecule has 4 aromatic rings. The van der Waals surface area contributed by atoms with Crippen molar-refractivity contribution in [1.29, 1.82) is 0 Å². The van der Waals surface area contributed by atoms with Crippen molar-refractivity contribution in [2.75, 3.05) is 19.0 Å². The van der Waals surface area contributed by atoms with E-state index in [-0.39, 0.29) is 11.7 Å². The quantitative estimate of drug-likeness (QED) is 0.282. The molecule has 1 heterocycles. The Kier molecular flexibility index (Phi) is 6.89. The van der Waals surface area contributed by atoms with Gasteiger partial charge in [-0.15, -0.1) is 0 Å². The number of carbonyl (C=O) groups is 1. The standard InChI is InChI=1S/C27H23ClFNO4/c1-4-33-25-14-26-21(22(15-34-26)17-5-7-18(29)8-6-17)13-20(25)16(2)11-27(31)30-19-9-10-24(32-3)23(28)12-19/h5-15H,4H2,1-3H3,(H,30,31)/b16-11+. The Morgan fingerprint density at radius 1 is 1.12 bits per heavy atom. The van der Waals surface area contributed by atoms with Crippen LogP contribution in [0.1, 0.15) is 19.4 Å². The number of hydrogen-bond acceptors (Lipinski definition) is 4. The lowest BCUT2D eigenvalue weighted by molar-refractivity contribution is -0.111. The van der Waals surface area contributed by atoms with Crippen LogP contribution in [-0.4, -0.2) is 19.6 Å². The van der Waals surface area contributed by atoms with Crippen LogP contribution in [-0.2, 0) is 4.79 Å². The summed E-state index contributed by atoms with van der Waals surface area (Å²) in [4.78, 5) is 12.7. The molecule has 0 aliphatic carbocycles. The van der Waals surface area contributed by atoms with E-state index >= 15 is 0 Å². The van der Waals surface area contributed by atoms with E-state index in [1.54, 1.807) is 42.7 Å². The summed E-state index contributed by atoms with van der Waals surface area (Å²) in [6, 6.07) is 15.0. The molecule has 0 radical (unpaired) electrons. The maximum absolute atomic E-state index is 13.4. The van der Waals surface area contributed by atoms with Crippen LogP contribution in [0.2, 0.25) is 5.02 Å². The van der Waals surface area contributed by atoms with Gasteiger partial charge in [-0.05, 0) is 61.4 Å². The minimum absolute atomic E-state index is 0.307. The summed E-state index contributed by atoms with van der Waals surface area (Å²) in [5.41, 5.74) is 4.29. The van der Waals surface area contributed by atoms with E-state index < -0.39 is 0 Å². The van der Waals surface area contributed by atoms with Gasteiger partial charge in [-0.3, -0.25) is 4.79 Å². The van der Waals surface area contributed by atoms with E-state index in [9.17, 15) is 9.18 Å². The number of rotatable bonds is 7. The highest BCUT2D eigenvalue weighted by Gasteiger charge is 2.15. The van der Waals surface area contributed by atoms with Gasteiger partial charge in [-0.1, -0.05) is 23.7 Å². The first-order chi connectivity index (χ1) is 16.4. The topological polar surface area (TPSA) is 60.7 Å². The van der Waals surface area contributed by atoms with Crippen LogP contribution in [0.5, 0.6) is 11.5 Å². The molecular weight excluding hydrogens is 457 g/mol. The Bertz CT molecular complexity index is 1380. The second-order valence-electron chi connectivity index (χ2n) is 7.60. The molecule has 0 bridgehead atoms. The largest absolute Gasteiger partial charge is 0.495 e. The Hall–Kier alpha value is -3.77. The van der Waals surface area contributed by atoms with Gasteiger partial charge in [0.1, 0.15) is 22.9 Å². The maximum atomic E-state index is 13.4. The molecule has 1 N–H and O–H groups in total. The Balaban J connectivity index is 1.69. The number of anilines is 1. The van der Waals surface area contributed by atoms with Gasteiger partial charge in [0.15, 0.2) is 0 Å². The van der Waals surface area contributed by atoms with Gasteiger partial charge < -0.3 is 19.2 Å². The zero-order valence-electron chi connectivity index (χ0n) is 18.9. The summed E-state index contributed by atoms with van der Waals surface area (Å²) < 4.78 is 30.1. The molecule has 1 aromatic heterocycles. The van der Waals surface area contributed by atoms with Crippen molar-refractivity contribution in [1.82, 2.24) is 0 Å². The van der Waals surface area contributed by atoms with E-state index in [1.807, 2.05) is 19.9 Å². The second kappa shape index (κ2) is 10.0. The molecule has 4 rings (SSSR count). The number of furan rings is 1. The zero-order valence-corrected chi connectivity index (χ0v) is 19.7. The average molecular weight is 480 g/mol. The Morgan fingerprint density at radius 3 is 2.56 bits per heavy atom. The van der Waals surface area contributed by atoms with Crippen molar-refractivity contribution >= 4 is 39.7 Å². The van der Waals surface area contributed by atoms with E-state index in [2.05, 4.69) is 5.32 Å². The lowest BCUT2D eigenvalue weighted by Gasteiger charge is -2.12. The van der Waals surface area contributed by atoms with Crippen molar-refractivity contribution < 1.29 is 23.1 Å². The van der Waals surface area contributed by atoms with Gasteiger partial charge in [-0.2, -0.15) is 0 Å². The number of allylic oxidation sites excluding steroid dienone is 1. The summed E-state index contributed by atoms with van der Waals surface area (Å²) in [6.07, 6.45) is 3.13. The highest BCUT2D eigenvalue weighted by Crippen LogP contribution is 2.37. The van der Waals surface area contributed by atoms with Crippen molar-refractivity contribution in [2.45, 2.75) is 13.8 Å². The van der Waals surface area contributed by atoms with Crippen molar-refractivity contribution in [3.63, 3.8) is 0 Å². The number of halogens is 2. The van der Waals surface area contributed by atoms with Crippen LogP contribution < -0.4 is 14.8 Å². The van der Waals surface area contributed by atoms with Crippen molar-refractivity contribution in [2.24, 2.45) is 0 Å². The molecule has 0 saturated heterocycles. The number of carbonyl (C=O) groups excluding carboxylic acids is 1. The molecule has 1 amide bonds. The number of fused-ring (bicyclic) bond motifs is 1. The van der Waals surface area contributed by atoms with Gasteiger partial charge in [0, 0.05) is 34.3 Å². The lowest BCUT2D eigenvalue weighted by atomic mass is 9.99. The second-order valence-corrected chi connectivity index (χ2v) is 8.01. The summed E-state index contributed by atoms with van der Waals surface area (Å²) in [5, 5.41) is 4.05. The fourth-order valence-corrected chi connectivity index (χ4v) is 3.95. The molecule has 0 spiro atoms. The number of hydrogen-bond donors (Lipinski definition) is 1. The maximum Gasteiger partial charge on any atom is 0.248 e. The van der Waals surface area contributed by atoms with Gasteiger partial charge >= 0.3 is 0 Å². The third-order valence-corrected chi connectivity index (χ3v) is 5.62. The monoisotopic (exact) mass is 479 g/mol. The Morgan fingerprint density at radius 2 is 1.88 bits per heavy atom. The van der Waals surface area contributed by atoms with Crippen molar-refractivity contribution in [3.8, 4) is 22.6 Å². The fraction of sp³-hybridized carbons (Fsp3) is 0.148. The molecule has 7 heteroatoms. The normalized spacial score (nSPS) is 11.5. The van der Waals surface area contributed by atoms with Gasteiger partial charge in [0.25, 0.3) is 0 Å². The van der Waals surface area contributed by atoms with Crippen LogP contribution in [0.4, 0.5) is 10.1 Å². The predicted molar refractivity (Wildman–Crippen MR) is 133 cm³/mol. The van der Waals surface area contributed by atoms with Crippen LogP contribution in [0.25, 0.3) is 27.7 Å². The average Bonchev–Trinajstić information content (AvgIpc) is 3.22. The van der Waals surface area contributed by atoms with Gasteiger partial charge in [-0.25, -0.2) is 4.39 Å². The third kappa shape index (κ3) is 4.92. The van der Waals surface area contributed by atoms with Crippen molar-refractivity contribution in [3.05, 3.63) is 83.3 Å². The predicted octanol–water partition coefficient (Wildman–Crippen LogP) is 7.34. The van der Waals surface area contributed by atoms with Crippen LogP contribution >= 0.6 is 11.6 Å². The highest BCUT2D eigenvalue weighted by atomic mass is 35.5. The highest BCUT2D eigenvalue weighted by molar-refractivity contribution is 6.32. The number of nitrogens with one attached hydrogen (secondary N) is 1. The van der Waals surface area contributed by atoms with Crippen LogP contribution in [0.15, 0.2) is 71.4 Å². The van der Waals surface area contributed by atoms with Gasteiger partial charge in [0.05, 0.1) is 25.0 Å². The first kappa shape index (κ1) is 23.4. The van der Waals surface area contributed by atoms with E-state index in [1.165, 1.54) is 25.3 Å².